The van der Waals surface area contributed by atoms with E-state index in [9.17, 15) is 0 Å². The normalized spacial score (nSPS) is 32.8. The molecule has 2 saturated heterocycles. The smallest absolute Gasteiger partial charge is 0.0681 e. The summed E-state index contributed by atoms with van der Waals surface area (Å²) in [6.45, 7) is 12.8. The lowest BCUT2D eigenvalue weighted by atomic mass is 9.65. The molecule has 2 heteroatoms. The van der Waals surface area contributed by atoms with Crippen LogP contribution in [0.15, 0.2) is 0 Å². The molecule has 0 amide bonds. The molecule has 0 N–H and O–H groups in total. The second-order valence-electron chi connectivity index (χ2n) is 7.57. The van der Waals surface area contributed by atoms with Crippen molar-refractivity contribution in [1.82, 2.24) is 4.90 Å². The van der Waals surface area contributed by atoms with Crippen LogP contribution < -0.4 is 0 Å². The van der Waals surface area contributed by atoms with Crippen LogP contribution in [0.5, 0.6) is 0 Å². The number of ether oxygens (including phenoxy) is 1. The molecule has 0 radical (unpaired) electrons. The summed E-state index contributed by atoms with van der Waals surface area (Å²) < 4.78 is 5.49. The van der Waals surface area contributed by atoms with E-state index in [4.69, 9.17) is 4.74 Å². The first-order chi connectivity index (χ1) is 7.25. The molecule has 2 fully saturated rings. The summed E-state index contributed by atoms with van der Waals surface area (Å²) in [6.07, 6.45) is 3.91. The Labute approximate surface area is 100 Å². The van der Waals surface area contributed by atoms with Crippen molar-refractivity contribution in [3.8, 4) is 0 Å². The zero-order valence-corrected chi connectivity index (χ0v) is 11.6. The maximum atomic E-state index is 5.49. The summed E-state index contributed by atoms with van der Waals surface area (Å²) in [4.78, 5) is 2.55. The van der Waals surface area contributed by atoms with Gasteiger partial charge in [-0.05, 0) is 43.7 Å². The molecule has 0 saturated carbocycles. The number of likely N-dealkylation sites (tertiary alicyclic amines) is 1. The minimum Gasteiger partial charge on any atom is -0.377 e. The van der Waals surface area contributed by atoms with E-state index in [1.165, 1.54) is 25.8 Å². The fourth-order valence-electron chi connectivity index (χ4n) is 3.84. The highest BCUT2D eigenvalue weighted by atomic mass is 16.5. The minimum atomic E-state index is 0.347. The van der Waals surface area contributed by atoms with Crippen LogP contribution >= 0.6 is 0 Å². The summed E-state index contributed by atoms with van der Waals surface area (Å²) in [7, 11) is 2.28. The summed E-state index contributed by atoms with van der Waals surface area (Å²) in [5, 5.41) is 0. The quantitative estimate of drug-likeness (QED) is 0.628. The number of nitrogens with zero attached hydrogens (tertiary/aromatic N) is 1. The first-order valence-electron chi connectivity index (χ1n) is 6.54. The third-order valence-corrected chi connectivity index (χ3v) is 4.44. The van der Waals surface area contributed by atoms with Gasteiger partial charge in [0.1, 0.15) is 0 Å². The largest absolute Gasteiger partial charge is 0.377 e. The second kappa shape index (κ2) is 3.71. The Morgan fingerprint density at radius 2 is 1.56 bits per heavy atom. The summed E-state index contributed by atoms with van der Waals surface area (Å²) >= 11 is 0. The van der Waals surface area contributed by atoms with Crippen molar-refractivity contribution in [3.63, 3.8) is 0 Å². The van der Waals surface area contributed by atoms with Gasteiger partial charge in [0, 0.05) is 0 Å². The first kappa shape index (κ1) is 12.4. The van der Waals surface area contributed by atoms with Crippen LogP contribution in [0.4, 0.5) is 0 Å². The van der Waals surface area contributed by atoms with Gasteiger partial charge in [-0.1, -0.05) is 27.7 Å². The standard InChI is InChI=1S/C14H27NO/c1-12(2)6-7-15(5)14(10-16-11-14)9-13(3,4)8-12/h6-11H2,1-5H3. The average molecular weight is 225 g/mol. The third-order valence-electron chi connectivity index (χ3n) is 4.44. The predicted molar refractivity (Wildman–Crippen MR) is 67.6 cm³/mol. The monoisotopic (exact) mass is 225 g/mol. The molecular formula is C14H27NO. The Bertz CT molecular complexity index is 266. The van der Waals surface area contributed by atoms with E-state index in [2.05, 4.69) is 39.6 Å². The molecule has 1 spiro atoms. The maximum absolute atomic E-state index is 5.49. The van der Waals surface area contributed by atoms with Crippen molar-refractivity contribution in [3.05, 3.63) is 0 Å². The fourth-order valence-corrected chi connectivity index (χ4v) is 3.84. The summed E-state index contributed by atoms with van der Waals surface area (Å²) in [5.41, 5.74) is 1.26. The van der Waals surface area contributed by atoms with Crippen LogP contribution in [0, 0.1) is 10.8 Å². The molecule has 94 valence electrons. The van der Waals surface area contributed by atoms with Crippen molar-refractivity contribution in [1.29, 1.82) is 0 Å². The topological polar surface area (TPSA) is 12.5 Å². The highest BCUT2D eigenvalue weighted by Gasteiger charge is 2.48. The zero-order chi connectivity index (χ0) is 12.0. The Balaban J connectivity index is 2.17. The average Bonchev–Trinajstić information content (AvgIpc) is 2.04. The molecule has 2 heterocycles. The SMILES string of the molecule is CN1CCC(C)(C)CC(C)(C)CC12COC2. The van der Waals surface area contributed by atoms with Gasteiger partial charge in [-0.3, -0.25) is 4.90 Å². The van der Waals surface area contributed by atoms with Crippen molar-refractivity contribution >= 4 is 0 Å². The van der Waals surface area contributed by atoms with E-state index in [1.807, 2.05) is 0 Å². The zero-order valence-electron chi connectivity index (χ0n) is 11.6. The number of hydrogen-bond acceptors (Lipinski definition) is 2. The highest BCUT2D eigenvalue weighted by molar-refractivity contribution is 5.01. The first-order valence-corrected chi connectivity index (χ1v) is 6.54. The number of rotatable bonds is 0. The van der Waals surface area contributed by atoms with Gasteiger partial charge in [-0.15, -0.1) is 0 Å². The number of likely N-dealkylation sites (N-methyl/N-ethyl adjacent to an activating group) is 1. The molecule has 0 aromatic heterocycles. The molecule has 0 unspecified atom stereocenters. The van der Waals surface area contributed by atoms with E-state index in [0.29, 0.717) is 16.4 Å². The van der Waals surface area contributed by atoms with E-state index in [1.54, 1.807) is 0 Å². The van der Waals surface area contributed by atoms with Crippen LogP contribution in [0.25, 0.3) is 0 Å². The lowest BCUT2D eigenvalue weighted by Gasteiger charge is -2.55. The second-order valence-corrected chi connectivity index (χ2v) is 7.57. The Hall–Kier alpha value is -0.0800. The van der Waals surface area contributed by atoms with E-state index in [-0.39, 0.29) is 0 Å². The van der Waals surface area contributed by atoms with Gasteiger partial charge < -0.3 is 4.74 Å². The van der Waals surface area contributed by atoms with Crippen LogP contribution in [0.1, 0.15) is 47.0 Å². The lowest BCUT2D eigenvalue weighted by Crippen LogP contribution is -2.63. The van der Waals surface area contributed by atoms with Gasteiger partial charge in [-0.25, -0.2) is 0 Å². The van der Waals surface area contributed by atoms with Gasteiger partial charge >= 0.3 is 0 Å². The molecule has 2 rings (SSSR count). The van der Waals surface area contributed by atoms with Crippen molar-refractivity contribution in [2.24, 2.45) is 10.8 Å². The van der Waals surface area contributed by atoms with E-state index in [0.717, 1.165) is 13.2 Å². The van der Waals surface area contributed by atoms with Gasteiger partial charge in [0.25, 0.3) is 0 Å². The van der Waals surface area contributed by atoms with Crippen LogP contribution in [-0.4, -0.2) is 37.2 Å². The molecule has 0 aromatic carbocycles. The van der Waals surface area contributed by atoms with Crippen LogP contribution in [0.3, 0.4) is 0 Å². The van der Waals surface area contributed by atoms with Crippen molar-refractivity contribution in [2.75, 3.05) is 26.8 Å². The molecule has 0 aliphatic carbocycles. The Kier molecular flexibility index (Phi) is 2.87. The molecule has 0 aromatic rings. The van der Waals surface area contributed by atoms with E-state index >= 15 is 0 Å². The highest BCUT2D eigenvalue weighted by Crippen LogP contribution is 2.46. The minimum absolute atomic E-state index is 0.347. The number of hydrogen-bond donors (Lipinski definition) is 0. The molecule has 2 nitrogen and oxygen atoms in total. The third kappa shape index (κ3) is 2.28. The fraction of sp³-hybridized carbons (Fsp3) is 1.00. The van der Waals surface area contributed by atoms with Crippen LogP contribution in [-0.2, 0) is 4.74 Å². The van der Waals surface area contributed by atoms with Crippen LogP contribution in [0.2, 0.25) is 0 Å². The van der Waals surface area contributed by atoms with Gasteiger partial charge in [-0.2, -0.15) is 0 Å². The van der Waals surface area contributed by atoms with Gasteiger partial charge in [0.2, 0.25) is 0 Å². The predicted octanol–water partition coefficient (Wildman–Crippen LogP) is 2.92. The molecule has 0 atom stereocenters. The molecular weight excluding hydrogens is 198 g/mol. The summed E-state index contributed by atoms with van der Waals surface area (Å²) in [5.74, 6) is 0. The van der Waals surface area contributed by atoms with Crippen molar-refractivity contribution in [2.45, 2.75) is 52.5 Å². The Morgan fingerprint density at radius 3 is 2.06 bits per heavy atom. The van der Waals surface area contributed by atoms with E-state index < -0.39 is 0 Å². The molecule has 2 aliphatic heterocycles. The van der Waals surface area contributed by atoms with Gasteiger partial charge in [0.15, 0.2) is 0 Å². The molecule has 2 aliphatic rings. The lowest BCUT2D eigenvalue weighted by molar-refractivity contribution is -0.160. The Morgan fingerprint density at radius 1 is 0.938 bits per heavy atom. The van der Waals surface area contributed by atoms with Gasteiger partial charge in [0.05, 0.1) is 18.8 Å². The summed E-state index contributed by atoms with van der Waals surface area (Å²) in [6, 6.07) is 0. The molecule has 0 bridgehead atoms. The molecule has 16 heavy (non-hydrogen) atoms. The van der Waals surface area contributed by atoms with Crippen molar-refractivity contribution < 1.29 is 4.74 Å². The maximum Gasteiger partial charge on any atom is 0.0681 e.